The van der Waals surface area contributed by atoms with Crippen LogP contribution in [-0.2, 0) is 18.9 Å². The van der Waals surface area contributed by atoms with E-state index in [4.69, 9.17) is 5.73 Å². The third kappa shape index (κ3) is 4.64. The Kier molecular flexibility index (Phi) is 6.55. The predicted octanol–water partition coefficient (Wildman–Crippen LogP) is -2.06. The molecule has 27 heavy (non-hydrogen) atoms. The highest BCUT2D eigenvalue weighted by Gasteiger charge is 2.24. The molecule has 0 spiro atoms. The molecule has 1 saturated heterocycles. The first-order valence-corrected chi connectivity index (χ1v) is 8.87. The van der Waals surface area contributed by atoms with Crippen LogP contribution in [0.1, 0.15) is 16.8 Å². The smallest absolute Gasteiger partial charge is 0.332 e. The highest BCUT2D eigenvalue weighted by atomic mass is 16.2. The lowest BCUT2D eigenvalue weighted by Gasteiger charge is -2.22. The molecule has 1 aromatic rings. The Morgan fingerprint density at radius 1 is 0.963 bits per heavy atom. The molecule has 1 aromatic heterocycles. The van der Waals surface area contributed by atoms with E-state index in [0.717, 1.165) is 22.1 Å². The van der Waals surface area contributed by atoms with Gasteiger partial charge in [-0.15, -0.1) is 0 Å². The van der Waals surface area contributed by atoms with Crippen molar-refractivity contribution in [3.8, 4) is 0 Å². The maximum absolute atomic E-state index is 12.7. The summed E-state index contributed by atoms with van der Waals surface area (Å²) >= 11 is 0. The minimum atomic E-state index is -0.673. The van der Waals surface area contributed by atoms with Gasteiger partial charge in [-0.1, -0.05) is 0 Å². The van der Waals surface area contributed by atoms with Crippen molar-refractivity contribution in [3.05, 3.63) is 26.4 Å². The van der Waals surface area contributed by atoms with E-state index in [0.29, 0.717) is 26.2 Å². The maximum atomic E-state index is 12.7. The van der Waals surface area contributed by atoms with E-state index in [-0.39, 0.29) is 23.8 Å². The molecule has 0 aromatic carbocycles. The van der Waals surface area contributed by atoms with Crippen LogP contribution in [0.5, 0.6) is 0 Å². The van der Waals surface area contributed by atoms with Gasteiger partial charge in [0, 0.05) is 41.3 Å². The lowest BCUT2D eigenvalue weighted by Crippen LogP contribution is -2.44. The van der Waals surface area contributed by atoms with Crippen LogP contribution in [0.15, 0.2) is 9.59 Å². The van der Waals surface area contributed by atoms with Gasteiger partial charge in [-0.3, -0.25) is 33.3 Å². The van der Waals surface area contributed by atoms with Crippen LogP contribution in [0.3, 0.4) is 0 Å². The van der Waals surface area contributed by atoms with Crippen LogP contribution in [0, 0.1) is 0 Å². The van der Waals surface area contributed by atoms with Gasteiger partial charge >= 0.3 is 5.69 Å². The highest BCUT2D eigenvalue weighted by molar-refractivity contribution is 6.01. The van der Waals surface area contributed by atoms with Crippen molar-refractivity contribution in [1.82, 2.24) is 23.8 Å². The monoisotopic (exact) mass is 380 g/mol. The van der Waals surface area contributed by atoms with Crippen molar-refractivity contribution < 1.29 is 9.59 Å². The molecule has 1 fully saturated rings. The normalized spacial score (nSPS) is 16.1. The molecule has 10 nitrogen and oxygen atoms in total. The number of carbonyl (C=O) groups excluding carboxylic acids is 2. The van der Waals surface area contributed by atoms with E-state index in [1.165, 1.54) is 14.1 Å². The SMILES string of the molecule is CN(C)C(=O)CN1CCCN(CC(=O)c2c(N)n(C)c(=O)n(C)c2=O)CC1. The number of nitrogen functional groups attached to an aromatic ring is 1. The van der Waals surface area contributed by atoms with Gasteiger partial charge in [0.2, 0.25) is 5.91 Å². The molecule has 0 atom stereocenters. The van der Waals surface area contributed by atoms with E-state index in [9.17, 15) is 19.2 Å². The molecule has 0 unspecified atom stereocenters. The fourth-order valence-electron chi connectivity index (χ4n) is 3.08. The Morgan fingerprint density at radius 2 is 1.52 bits per heavy atom. The van der Waals surface area contributed by atoms with E-state index in [1.807, 2.05) is 4.90 Å². The Hall–Kier alpha value is -2.46. The molecule has 1 amide bonds. The van der Waals surface area contributed by atoms with Gasteiger partial charge in [-0.25, -0.2) is 4.79 Å². The maximum Gasteiger partial charge on any atom is 0.332 e. The Balaban J connectivity index is 2.08. The summed E-state index contributed by atoms with van der Waals surface area (Å²) in [6.07, 6.45) is 0.814. The van der Waals surface area contributed by atoms with Gasteiger partial charge < -0.3 is 10.6 Å². The fourth-order valence-corrected chi connectivity index (χ4v) is 3.08. The number of nitrogens with two attached hydrogens (primary N) is 1. The van der Waals surface area contributed by atoms with Gasteiger partial charge in [0.1, 0.15) is 11.4 Å². The van der Waals surface area contributed by atoms with Crippen LogP contribution in [-0.4, -0.2) is 88.9 Å². The Labute approximate surface area is 157 Å². The molecule has 150 valence electrons. The second-order valence-electron chi connectivity index (χ2n) is 7.08. The van der Waals surface area contributed by atoms with Crippen molar-refractivity contribution in [3.63, 3.8) is 0 Å². The number of likely N-dealkylation sites (N-methyl/N-ethyl adjacent to an activating group) is 1. The van der Waals surface area contributed by atoms with Gasteiger partial charge in [0.25, 0.3) is 5.56 Å². The number of hydrogen-bond acceptors (Lipinski definition) is 7. The van der Waals surface area contributed by atoms with Gasteiger partial charge in [0.05, 0.1) is 13.1 Å². The summed E-state index contributed by atoms with van der Waals surface area (Å²) in [5.74, 6) is -0.469. The minimum absolute atomic E-state index is 0.0426. The molecule has 2 heterocycles. The summed E-state index contributed by atoms with van der Waals surface area (Å²) in [5, 5.41) is 0. The highest BCUT2D eigenvalue weighted by Crippen LogP contribution is 2.08. The van der Waals surface area contributed by atoms with E-state index >= 15 is 0 Å². The average Bonchev–Trinajstić information content (AvgIpc) is 2.83. The van der Waals surface area contributed by atoms with Crippen LogP contribution in [0.4, 0.5) is 5.82 Å². The predicted molar refractivity (Wildman–Crippen MR) is 102 cm³/mol. The summed E-state index contributed by atoms with van der Waals surface area (Å²) in [6, 6.07) is 0. The van der Waals surface area contributed by atoms with Crippen molar-refractivity contribution >= 4 is 17.5 Å². The molecule has 0 saturated carbocycles. The van der Waals surface area contributed by atoms with Crippen LogP contribution in [0.2, 0.25) is 0 Å². The minimum Gasteiger partial charge on any atom is -0.384 e. The topological polar surface area (TPSA) is 114 Å². The van der Waals surface area contributed by atoms with Crippen LogP contribution >= 0.6 is 0 Å². The molecule has 0 bridgehead atoms. The molecular formula is C17H28N6O4. The van der Waals surface area contributed by atoms with E-state index in [2.05, 4.69) is 4.90 Å². The lowest BCUT2D eigenvalue weighted by atomic mass is 10.1. The summed E-state index contributed by atoms with van der Waals surface area (Å²) in [6.45, 7) is 3.13. The number of aromatic nitrogens is 2. The molecular weight excluding hydrogens is 352 g/mol. The van der Waals surface area contributed by atoms with Crippen molar-refractivity contribution in [2.45, 2.75) is 6.42 Å². The molecule has 1 aliphatic rings. The molecule has 2 rings (SSSR count). The average molecular weight is 380 g/mol. The Morgan fingerprint density at radius 3 is 2.07 bits per heavy atom. The zero-order valence-corrected chi connectivity index (χ0v) is 16.4. The zero-order valence-electron chi connectivity index (χ0n) is 16.4. The number of nitrogens with zero attached hydrogens (tertiary/aromatic N) is 5. The van der Waals surface area contributed by atoms with Gasteiger partial charge in [0.15, 0.2) is 5.78 Å². The van der Waals surface area contributed by atoms with E-state index < -0.39 is 17.0 Å². The largest absolute Gasteiger partial charge is 0.384 e. The number of ketones is 1. The van der Waals surface area contributed by atoms with Crippen LogP contribution in [0.25, 0.3) is 0 Å². The zero-order chi connectivity index (χ0) is 20.3. The second-order valence-corrected chi connectivity index (χ2v) is 7.08. The van der Waals surface area contributed by atoms with E-state index in [1.54, 1.807) is 19.0 Å². The molecule has 2 N–H and O–H groups in total. The van der Waals surface area contributed by atoms with Gasteiger partial charge in [-0.05, 0) is 19.5 Å². The Bertz CT molecular complexity index is 841. The van der Waals surface area contributed by atoms with Crippen molar-refractivity contribution in [1.29, 1.82) is 0 Å². The number of rotatable bonds is 5. The number of carbonyl (C=O) groups is 2. The number of hydrogen-bond donors (Lipinski definition) is 1. The first-order valence-electron chi connectivity index (χ1n) is 8.87. The molecule has 0 radical (unpaired) electrons. The standard InChI is InChI=1S/C17H28N6O4/c1-19(2)13(25)11-23-7-5-6-22(8-9-23)10-12(24)14-15(18)20(3)17(27)21(4)16(14)26/h5-11,18H2,1-4H3. The molecule has 10 heteroatoms. The summed E-state index contributed by atoms with van der Waals surface area (Å²) < 4.78 is 1.99. The van der Waals surface area contributed by atoms with Crippen molar-refractivity contribution in [2.24, 2.45) is 14.1 Å². The van der Waals surface area contributed by atoms with Crippen LogP contribution < -0.4 is 17.0 Å². The van der Waals surface area contributed by atoms with Crippen molar-refractivity contribution in [2.75, 3.05) is 59.1 Å². The fraction of sp³-hybridized carbons (Fsp3) is 0.647. The summed E-state index contributed by atoms with van der Waals surface area (Å²) in [5.41, 5.74) is 4.47. The third-order valence-electron chi connectivity index (χ3n) is 4.89. The third-order valence-corrected chi connectivity index (χ3v) is 4.89. The molecule has 0 aliphatic carbocycles. The first kappa shape index (κ1) is 20.8. The number of Topliss-reactive ketones (excluding diaryl/α,β-unsaturated/α-hetero) is 1. The quantitative estimate of drug-likeness (QED) is 0.585. The summed E-state index contributed by atoms with van der Waals surface area (Å²) in [4.78, 5) is 54.4. The number of anilines is 1. The second kappa shape index (κ2) is 8.49. The molecule has 1 aliphatic heterocycles. The summed E-state index contributed by atoms with van der Waals surface area (Å²) in [7, 11) is 6.21. The lowest BCUT2D eigenvalue weighted by molar-refractivity contribution is -0.129. The number of amides is 1. The first-order chi connectivity index (χ1) is 12.6. The van der Waals surface area contributed by atoms with Gasteiger partial charge in [-0.2, -0.15) is 0 Å².